The lowest BCUT2D eigenvalue weighted by molar-refractivity contribution is -0.299. The molecule has 0 aromatic rings. The molecule has 0 aromatic heterocycles. The highest BCUT2D eigenvalue weighted by Gasteiger charge is 2.59. The molecule has 0 aliphatic heterocycles. The Morgan fingerprint density at radius 1 is 1.28 bits per heavy atom. The summed E-state index contributed by atoms with van der Waals surface area (Å²) in [6.45, 7) is 8.63. The van der Waals surface area contributed by atoms with Crippen molar-refractivity contribution in [3.63, 3.8) is 0 Å². The second-order valence-electron chi connectivity index (χ2n) is 4.66. The normalized spacial score (nSPS) is 17.2. The summed E-state index contributed by atoms with van der Waals surface area (Å²) in [7, 11) is 0.942. The van der Waals surface area contributed by atoms with Crippen LogP contribution in [0.2, 0.25) is 0 Å². The van der Waals surface area contributed by atoms with Gasteiger partial charge in [0, 0.05) is 12.7 Å². The number of alkyl halides is 3. The van der Waals surface area contributed by atoms with E-state index in [4.69, 9.17) is 4.74 Å². The van der Waals surface area contributed by atoms with Gasteiger partial charge in [-0.3, -0.25) is 0 Å². The Bertz CT molecular complexity index is 323. The summed E-state index contributed by atoms with van der Waals surface area (Å²) in [4.78, 5) is 11.4. The summed E-state index contributed by atoms with van der Waals surface area (Å²) < 4.78 is 48.5. The Hall–Kier alpha value is -1.04. The average Bonchev–Trinajstić information content (AvgIpc) is 2.22. The first-order valence-electron chi connectivity index (χ1n) is 5.45. The van der Waals surface area contributed by atoms with Crippen LogP contribution in [-0.2, 0) is 14.3 Å². The highest BCUT2D eigenvalue weighted by molar-refractivity contribution is 5.87. The minimum Gasteiger partial charge on any atom is -0.455 e. The molecule has 0 radical (unpaired) electrons. The quantitative estimate of drug-likeness (QED) is 0.567. The number of rotatable bonds is 5. The second kappa shape index (κ2) is 5.73. The van der Waals surface area contributed by atoms with Crippen LogP contribution in [-0.4, -0.2) is 31.0 Å². The highest BCUT2D eigenvalue weighted by Crippen LogP contribution is 2.39. The van der Waals surface area contributed by atoms with Crippen LogP contribution in [0.1, 0.15) is 27.7 Å². The fourth-order valence-corrected chi connectivity index (χ4v) is 1.49. The first-order chi connectivity index (χ1) is 7.97. The highest BCUT2D eigenvalue weighted by atomic mass is 19.4. The summed E-state index contributed by atoms with van der Waals surface area (Å²) >= 11 is 0. The van der Waals surface area contributed by atoms with Crippen molar-refractivity contribution in [2.24, 2.45) is 5.92 Å². The van der Waals surface area contributed by atoms with E-state index in [0.29, 0.717) is 0 Å². The molecule has 0 spiro atoms. The maximum atomic E-state index is 13.0. The third-order valence-electron chi connectivity index (χ3n) is 2.72. The topological polar surface area (TPSA) is 35.5 Å². The molecule has 0 fully saturated rings. The smallest absolute Gasteiger partial charge is 0.420 e. The lowest BCUT2D eigenvalue weighted by atomic mass is 9.89. The maximum absolute atomic E-state index is 13.0. The van der Waals surface area contributed by atoms with Crippen molar-refractivity contribution in [2.45, 2.75) is 45.6 Å². The van der Waals surface area contributed by atoms with E-state index in [1.54, 1.807) is 0 Å². The van der Waals surface area contributed by atoms with Gasteiger partial charge in [0.1, 0.15) is 6.10 Å². The molecular formula is C12H19F3O3. The lowest BCUT2D eigenvalue weighted by Gasteiger charge is -2.39. The molecule has 6 heteroatoms. The van der Waals surface area contributed by atoms with E-state index >= 15 is 0 Å². The molecular weight excluding hydrogens is 249 g/mol. The van der Waals surface area contributed by atoms with Crippen molar-refractivity contribution in [2.75, 3.05) is 7.11 Å². The number of methoxy groups -OCH3 is 1. The molecule has 0 N–H and O–H groups in total. The maximum Gasteiger partial charge on any atom is 0.420 e. The molecule has 106 valence electrons. The van der Waals surface area contributed by atoms with Gasteiger partial charge in [-0.05, 0) is 19.8 Å². The van der Waals surface area contributed by atoms with Crippen LogP contribution in [0, 0.1) is 5.92 Å². The molecule has 2 atom stereocenters. The predicted octanol–water partition coefficient (Wildman–Crippen LogP) is 3.10. The van der Waals surface area contributed by atoms with E-state index in [1.807, 2.05) is 0 Å². The van der Waals surface area contributed by atoms with Gasteiger partial charge in [0.25, 0.3) is 0 Å². The SMILES string of the molecule is C=C(C)C(=O)OC(C(C)C)[C@@](C)(OC)C(F)(F)F. The Morgan fingerprint density at radius 2 is 1.72 bits per heavy atom. The summed E-state index contributed by atoms with van der Waals surface area (Å²) in [5, 5.41) is 0. The Labute approximate surface area is 105 Å². The van der Waals surface area contributed by atoms with Crippen molar-refractivity contribution < 1.29 is 27.4 Å². The van der Waals surface area contributed by atoms with E-state index in [1.165, 1.54) is 20.8 Å². The molecule has 0 bridgehead atoms. The number of ether oxygens (including phenoxy) is 2. The lowest BCUT2D eigenvalue weighted by Crippen LogP contribution is -2.57. The van der Waals surface area contributed by atoms with Gasteiger partial charge in [-0.1, -0.05) is 20.4 Å². The van der Waals surface area contributed by atoms with Crippen LogP contribution in [0.3, 0.4) is 0 Å². The Balaban J connectivity index is 5.33. The van der Waals surface area contributed by atoms with Crippen LogP contribution in [0.5, 0.6) is 0 Å². The fraction of sp³-hybridized carbons (Fsp3) is 0.750. The second-order valence-corrected chi connectivity index (χ2v) is 4.66. The van der Waals surface area contributed by atoms with E-state index in [0.717, 1.165) is 14.0 Å². The van der Waals surface area contributed by atoms with Gasteiger partial charge in [-0.2, -0.15) is 13.2 Å². The van der Waals surface area contributed by atoms with E-state index in [9.17, 15) is 18.0 Å². The van der Waals surface area contributed by atoms with Crippen LogP contribution in [0.15, 0.2) is 12.2 Å². The van der Waals surface area contributed by atoms with Crippen molar-refractivity contribution >= 4 is 5.97 Å². The van der Waals surface area contributed by atoms with Gasteiger partial charge >= 0.3 is 12.1 Å². The van der Waals surface area contributed by atoms with E-state index in [2.05, 4.69) is 11.3 Å². The first-order valence-corrected chi connectivity index (χ1v) is 5.45. The molecule has 0 heterocycles. The number of carbonyl (C=O) groups is 1. The number of hydrogen-bond donors (Lipinski definition) is 0. The predicted molar refractivity (Wildman–Crippen MR) is 61.0 cm³/mol. The molecule has 0 aromatic carbocycles. The number of carbonyl (C=O) groups excluding carboxylic acids is 1. The van der Waals surface area contributed by atoms with Crippen LogP contribution in [0.4, 0.5) is 13.2 Å². The molecule has 1 unspecified atom stereocenters. The van der Waals surface area contributed by atoms with Crippen molar-refractivity contribution in [3.05, 3.63) is 12.2 Å². The van der Waals surface area contributed by atoms with E-state index < -0.39 is 29.8 Å². The zero-order valence-electron chi connectivity index (χ0n) is 11.2. The third-order valence-corrected chi connectivity index (χ3v) is 2.72. The van der Waals surface area contributed by atoms with E-state index in [-0.39, 0.29) is 5.57 Å². The number of esters is 1. The summed E-state index contributed by atoms with van der Waals surface area (Å²) in [6.07, 6.45) is -6.09. The Morgan fingerprint density at radius 3 is 1.94 bits per heavy atom. The van der Waals surface area contributed by atoms with Gasteiger partial charge in [0.2, 0.25) is 0 Å². The monoisotopic (exact) mass is 268 g/mol. The molecule has 0 aliphatic carbocycles. The molecule has 0 aliphatic rings. The third kappa shape index (κ3) is 3.48. The van der Waals surface area contributed by atoms with Crippen molar-refractivity contribution in [1.82, 2.24) is 0 Å². The summed E-state index contributed by atoms with van der Waals surface area (Å²) in [6, 6.07) is 0. The van der Waals surface area contributed by atoms with Crippen molar-refractivity contribution in [3.8, 4) is 0 Å². The Kier molecular flexibility index (Phi) is 5.40. The number of hydrogen-bond acceptors (Lipinski definition) is 3. The largest absolute Gasteiger partial charge is 0.455 e. The molecule has 0 amide bonds. The first kappa shape index (κ1) is 17.0. The van der Waals surface area contributed by atoms with Crippen LogP contribution < -0.4 is 0 Å². The van der Waals surface area contributed by atoms with Gasteiger partial charge in [-0.25, -0.2) is 4.79 Å². The molecule has 0 rings (SSSR count). The van der Waals surface area contributed by atoms with Gasteiger partial charge in [-0.15, -0.1) is 0 Å². The molecule has 3 nitrogen and oxygen atoms in total. The minimum atomic E-state index is -4.65. The molecule has 0 saturated heterocycles. The molecule has 18 heavy (non-hydrogen) atoms. The number of halogens is 3. The standard InChI is InChI=1S/C12H19F3O3/c1-7(2)9(18-10(16)8(3)4)11(5,17-6)12(13,14)15/h7,9H,3H2,1-2,4-6H3/t9?,11-/m1/s1. The van der Waals surface area contributed by atoms with Crippen molar-refractivity contribution in [1.29, 1.82) is 0 Å². The minimum absolute atomic E-state index is 0.0428. The van der Waals surface area contributed by atoms with Crippen LogP contribution in [0.25, 0.3) is 0 Å². The molecule has 0 saturated carbocycles. The van der Waals surface area contributed by atoms with Gasteiger partial charge < -0.3 is 9.47 Å². The zero-order valence-corrected chi connectivity index (χ0v) is 11.2. The average molecular weight is 268 g/mol. The van der Waals surface area contributed by atoms with Crippen LogP contribution >= 0.6 is 0 Å². The fourth-order valence-electron chi connectivity index (χ4n) is 1.49. The summed E-state index contributed by atoms with van der Waals surface area (Å²) in [5.41, 5.74) is -2.51. The van der Waals surface area contributed by atoms with Gasteiger partial charge in [0.15, 0.2) is 5.60 Å². The summed E-state index contributed by atoms with van der Waals surface area (Å²) in [5.74, 6) is -1.42. The zero-order chi connectivity index (χ0) is 14.7. The van der Waals surface area contributed by atoms with Gasteiger partial charge in [0.05, 0.1) is 0 Å².